The van der Waals surface area contributed by atoms with Crippen LogP contribution in [-0.4, -0.2) is 20.4 Å². The summed E-state index contributed by atoms with van der Waals surface area (Å²) in [5, 5.41) is 3.27. The van der Waals surface area contributed by atoms with E-state index in [-0.39, 0.29) is 0 Å². The summed E-state index contributed by atoms with van der Waals surface area (Å²) in [4.78, 5) is 8.00. The zero-order valence-electron chi connectivity index (χ0n) is 8.14. The van der Waals surface area contributed by atoms with Crippen LogP contribution in [0.3, 0.4) is 0 Å². The predicted octanol–water partition coefficient (Wildman–Crippen LogP) is 1.99. The van der Waals surface area contributed by atoms with E-state index in [2.05, 4.69) is 12.4 Å². The molecule has 0 radical (unpaired) electrons. The summed E-state index contributed by atoms with van der Waals surface area (Å²) >= 11 is 0. The minimum absolute atomic E-state index is 0.979. The third kappa shape index (κ3) is 5.30. The van der Waals surface area contributed by atoms with E-state index in [1.54, 1.807) is 0 Å². The highest BCUT2D eigenvalue weighted by atomic mass is 16.1. The van der Waals surface area contributed by atoms with E-state index in [0.717, 1.165) is 5.92 Å². The fourth-order valence-electron chi connectivity index (χ4n) is 1.86. The van der Waals surface area contributed by atoms with Crippen LogP contribution in [0.15, 0.2) is 0 Å². The van der Waals surface area contributed by atoms with Crippen LogP contribution in [0.5, 0.6) is 0 Å². The van der Waals surface area contributed by atoms with Gasteiger partial charge in [-0.05, 0) is 32.4 Å². The van der Waals surface area contributed by atoms with Gasteiger partial charge < -0.3 is 10.1 Å². The average molecular weight is 171 g/mol. The molecule has 0 spiro atoms. The highest BCUT2D eigenvalue weighted by Gasteiger charge is 2.09. The van der Waals surface area contributed by atoms with Gasteiger partial charge in [-0.2, -0.15) is 0 Å². The molecule has 72 valence electrons. The van der Waals surface area contributed by atoms with Gasteiger partial charge in [0.05, 0.1) is 0 Å². The molecule has 2 heteroatoms. The lowest BCUT2D eigenvalue weighted by molar-refractivity contribution is -0.0979. The zero-order chi connectivity index (χ0) is 9.23. The molecule has 0 bridgehead atoms. The topological polar surface area (TPSA) is 29.1 Å². The van der Waals surface area contributed by atoms with Gasteiger partial charge in [0.25, 0.3) is 0 Å². The lowest BCUT2D eigenvalue weighted by Crippen LogP contribution is -2.17. The normalized spacial score (nSPS) is 19.1. The Hall–Kier alpha value is -0.370. The van der Waals surface area contributed by atoms with Gasteiger partial charge in [-0.15, -0.1) is 0 Å². The molecule has 12 heavy (non-hydrogen) atoms. The van der Waals surface area contributed by atoms with E-state index in [0.29, 0.717) is 0 Å². The van der Waals surface area contributed by atoms with Gasteiger partial charge in [-0.1, -0.05) is 25.7 Å². The maximum absolute atomic E-state index is 8.00. The van der Waals surface area contributed by atoms with Crippen LogP contribution in [0.25, 0.3) is 0 Å². The Labute approximate surface area is 75.7 Å². The molecule has 0 saturated heterocycles. The standard InChI is InChI=1S/C9H19N.CH2O/c1-10-8-9-6-4-2-3-5-7-9;1-2/h9-10H,2-8H2,1H3;1H2. The summed E-state index contributed by atoms with van der Waals surface area (Å²) < 4.78 is 0. The Kier molecular flexibility index (Phi) is 8.46. The van der Waals surface area contributed by atoms with Crippen LogP contribution in [0, 0.1) is 5.92 Å². The zero-order valence-corrected chi connectivity index (χ0v) is 8.14. The molecule has 1 aliphatic carbocycles. The smallest absolute Gasteiger partial charge is 0.106 e. The van der Waals surface area contributed by atoms with Crippen LogP contribution in [-0.2, 0) is 4.79 Å². The Morgan fingerprint density at radius 2 is 1.67 bits per heavy atom. The van der Waals surface area contributed by atoms with Crippen LogP contribution in [0.4, 0.5) is 0 Å². The summed E-state index contributed by atoms with van der Waals surface area (Å²) in [5.74, 6) is 0.979. The molecule has 1 saturated carbocycles. The number of carbonyl (C=O) groups excluding carboxylic acids is 1. The molecule has 0 aromatic rings. The van der Waals surface area contributed by atoms with Crippen molar-refractivity contribution in [3.63, 3.8) is 0 Å². The van der Waals surface area contributed by atoms with E-state index in [1.165, 1.54) is 45.1 Å². The molecule has 0 heterocycles. The lowest BCUT2D eigenvalue weighted by Gasteiger charge is -2.11. The first kappa shape index (κ1) is 11.6. The second-order valence-corrected chi connectivity index (χ2v) is 3.42. The van der Waals surface area contributed by atoms with Crippen molar-refractivity contribution in [3.05, 3.63) is 0 Å². The molecule has 0 unspecified atom stereocenters. The van der Waals surface area contributed by atoms with E-state index in [9.17, 15) is 0 Å². The quantitative estimate of drug-likeness (QED) is 0.644. The fourth-order valence-corrected chi connectivity index (χ4v) is 1.86. The fraction of sp³-hybridized carbons (Fsp3) is 0.900. The molecule has 1 aliphatic rings. The largest absolute Gasteiger partial charge is 0.319 e. The molecular formula is C10H21NO. The van der Waals surface area contributed by atoms with Crippen molar-refractivity contribution in [2.75, 3.05) is 13.6 Å². The number of hydrogen-bond acceptors (Lipinski definition) is 2. The van der Waals surface area contributed by atoms with Gasteiger partial charge in [0.15, 0.2) is 0 Å². The summed E-state index contributed by atoms with van der Waals surface area (Å²) in [6.07, 6.45) is 8.79. The van der Waals surface area contributed by atoms with E-state index < -0.39 is 0 Å². The Morgan fingerprint density at radius 3 is 2.08 bits per heavy atom. The maximum Gasteiger partial charge on any atom is 0.106 e. The molecule has 2 nitrogen and oxygen atoms in total. The van der Waals surface area contributed by atoms with Crippen LogP contribution >= 0.6 is 0 Å². The second-order valence-electron chi connectivity index (χ2n) is 3.42. The third-order valence-electron chi connectivity index (χ3n) is 2.47. The van der Waals surface area contributed by atoms with E-state index >= 15 is 0 Å². The predicted molar refractivity (Wildman–Crippen MR) is 52.2 cm³/mol. The summed E-state index contributed by atoms with van der Waals surface area (Å²) in [5.41, 5.74) is 0. The van der Waals surface area contributed by atoms with Crippen molar-refractivity contribution >= 4 is 6.79 Å². The Morgan fingerprint density at radius 1 is 1.17 bits per heavy atom. The summed E-state index contributed by atoms with van der Waals surface area (Å²) in [7, 11) is 2.06. The third-order valence-corrected chi connectivity index (χ3v) is 2.47. The minimum Gasteiger partial charge on any atom is -0.319 e. The van der Waals surface area contributed by atoms with Gasteiger partial charge in [0.2, 0.25) is 0 Å². The van der Waals surface area contributed by atoms with Crippen molar-refractivity contribution in [2.24, 2.45) is 5.92 Å². The highest BCUT2D eigenvalue weighted by molar-refractivity contribution is 5.10. The van der Waals surface area contributed by atoms with Crippen molar-refractivity contribution in [1.82, 2.24) is 5.32 Å². The molecule has 1 N–H and O–H groups in total. The first-order valence-electron chi connectivity index (χ1n) is 4.87. The van der Waals surface area contributed by atoms with Gasteiger partial charge >= 0.3 is 0 Å². The molecule has 0 atom stereocenters. The number of rotatable bonds is 2. The molecule has 0 aromatic carbocycles. The maximum atomic E-state index is 8.00. The molecule has 0 amide bonds. The molecule has 1 fully saturated rings. The second kappa shape index (κ2) is 8.72. The summed E-state index contributed by atoms with van der Waals surface area (Å²) in [6.45, 7) is 3.24. The monoisotopic (exact) mass is 171 g/mol. The minimum atomic E-state index is 0.979. The molecule has 0 aromatic heterocycles. The molecule has 0 aliphatic heterocycles. The average Bonchev–Trinajstić information content (AvgIpc) is 2.37. The number of hydrogen-bond donors (Lipinski definition) is 1. The number of nitrogens with one attached hydrogen (secondary N) is 1. The van der Waals surface area contributed by atoms with Crippen molar-refractivity contribution < 1.29 is 4.79 Å². The lowest BCUT2D eigenvalue weighted by atomic mass is 10.0. The van der Waals surface area contributed by atoms with Crippen molar-refractivity contribution in [3.8, 4) is 0 Å². The van der Waals surface area contributed by atoms with Gasteiger partial charge in [0.1, 0.15) is 6.79 Å². The van der Waals surface area contributed by atoms with E-state index in [1.807, 2.05) is 6.79 Å². The van der Waals surface area contributed by atoms with E-state index in [4.69, 9.17) is 4.79 Å². The Balaban J connectivity index is 0.000000561. The number of carbonyl (C=O) groups is 1. The Bertz CT molecular complexity index is 87.8. The molecular weight excluding hydrogens is 150 g/mol. The highest BCUT2D eigenvalue weighted by Crippen LogP contribution is 2.21. The van der Waals surface area contributed by atoms with Crippen LogP contribution in [0.2, 0.25) is 0 Å². The summed E-state index contributed by atoms with van der Waals surface area (Å²) in [6, 6.07) is 0. The van der Waals surface area contributed by atoms with Gasteiger partial charge in [0, 0.05) is 0 Å². The molecule has 1 rings (SSSR count). The van der Waals surface area contributed by atoms with Crippen molar-refractivity contribution in [1.29, 1.82) is 0 Å². The van der Waals surface area contributed by atoms with Crippen LogP contribution < -0.4 is 5.32 Å². The van der Waals surface area contributed by atoms with Gasteiger partial charge in [-0.3, -0.25) is 0 Å². The van der Waals surface area contributed by atoms with Gasteiger partial charge in [-0.25, -0.2) is 0 Å². The van der Waals surface area contributed by atoms with Crippen LogP contribution in [0.1, 0.15) is 38.5 Å². The first-order chi connectivity index (χ1) is 5.93. The first-order valence-corrected chi connectivity index (χ1v) is 4.87. The van der Waals surface area contributed by atoms with Crippen molar-refractivity contribution in [2.45, 2.75) is 38.5 Å². The SMILES string of the molecule is C=O.CNCC1CCCCCC1.